The predicted octanol–water partition coefficient (Wildman–Crippen LogP) is 4.19. The molecule has 0 unspecified atom stereocenters. The number of aryl methyl sites for hydroxylation is 1. The van der Waals surface area contributed by atoms with E-state index >= 15 is 0 Å². The Morgan fingerprint density at radius 2 is 1.97 bits per heavy atom. The molecule has 7 heteroatoms. The quantitative estimate of drug-likeness (QED) is 0.561. The lowest BCUT2D eigenvalue weighted by Crippen LogP contribution is -2.31. The number of hydrazone groups is 1. The molecule has 0 aliphatic carbocycles. The highest BCUT2D eigenvalue weighted by molar-refractivity contribution is 6.03. The number of ether oxygens (including phenoxy) is 1. The summed E-state index contributed by atoms with van der Waals surface area (Å²) in [5.74, 6) is -0.908. The molecule has 0 N–H and O–H groups in total. The number of benzene rings is 2. The zero-order valence-corrected chi connectivity index (χ0v) is 17.0. The summed E-state index contributed by atoms with van der Waals surface area (Å²) < 4.78 is 23.9. The zero-order valence-electron chi connectivity index (χ0n) is 17.0. The second kappa shape index (κ2) is 8.95. The molecule has 0 fully saturated rings. The molecule has 1 aliphatic heterocycles. The third-order valence-corrected chi connectivity index (χ3v) is 5.02. The Bertz CT molecular complexity index is 1110. The van der Waals surface area contributed by atoms with Crippen LogP contribution >= 0.6 is 0 Å². The number of carbonyl (C=O) groups excluding carboxylic acids is 2. The average molecular weight is 420 g/mol. The second-order valence-corrected chi connectivity index (χ2v) is 7.35. The highest BCUT2D eigenvalue weighted by atomic mass is 19.1. The Balaban J connectivity index is 1.45. The standard InChI is InChI=1S/C24H21FN2O4/c1-16-7-9-18(10-8-16)20-14-21(22-6-3-11-30-22)27(26-20)23(28)15-31-24(29)13-17-4-2-5-19(25)12-17/h2-12,21H,13-15H2,1H3/t21-/m1/s1. The van der Waals surface area contributed by atoms with Gasteiger partial charge in [-0.3, -0.25) is 9.59 Å². The van der Waals surface area contributed by atoms with Crippen molar-refractivity contribution in [2.75, 3.05) is 6.61 Å². The highest BCUT2D eigenvalue weighted by Gasteiger charge is 2.35. The molecule has 0 bridgehead atoms. The van der Waals surface area contributed by atoms with Crippen LogP contribution in [0, 0.1) is 12.7 Å². The zero-order chi connectivity index (χ0) is 21.8. The maximum atomic E-state index is 13.3. The first-order chi connectivity index (χ1) is 15.0. The van der Waals surface area contributed by atoms with Gasteiger partial charge in [-0.05, 0) is 42.3 Å². The van der Waals surface area contributed by atoms with Crippen LogP contribution in [0.4, 0.5) is 4.39 Å². The minimum atomic E-state index is -0.615. The van der Waals surface area contributed by atoms with E-state index in [2.05, 4.69) is 5.10 Å². The number of carbonyl (C=O) groups is 2. The van der Waals surface area contributed by atoms with E-state index < -0.39 is 30.3 Å². The minimum Gasteiger partial charge on any atom is -0.467 e. The van der Waals surface area contributed by atoms with Crippen molar-refractivity contribution in [3.05, 3.63) is 95.2 Å². The third-order valence-electron chi connectivity index (χ3n) is 5.02. The van der Waals surface area contributed by atoms with Crippen LogP contribution in [0.2, 0.25) is 0 Å². The molecule has 2 heterocycles. The molecule has 6 nitrogen and oxygen atoms in total. The molecule has 0 saturated heterocycles. The molecule has 1 amide bonds. The van der Waals surface area contributed by atoms with Gasteiger partial charge >= 0.3 is 5.97 Å². The van der Waals surface area contributed by atoms with E-state index in [4.69, 9.17) is 9.15 Å². The normalized spacial score (nSPS) is 15.6. The lowest BCUT2D eigenvalue weighted by molar-refractivity contribution is -0.152. The molecule has 2 aromatic carbocycles. The van der Waals surface area contributed by atoms with E-state index in [1.807, 2.05) is 31.2 Å². The lowest BCUT2D eigenvalue weighted by Gasteiger charge is -2.19. The Morgan fingerprint density at radius 1 is 1.16 bits per heavy atom. The van der Waals surface area contributed by atoms with E-state index in [1.165, 1.54) is 23.2 Å². The van der Waals surface area contributed by atoms with Crippen molar-refractivity contribution in [1.82, 2.24) is 5.01 Å². The van der Waals surface area contributed by atoms with Crippen LogP contribution in [0.5, 0.6) is 0 Å². The Labute approximate surface area is 178 Å². The Hall–Kier alpha value is -3.74. The number of amides is 1. The molecule has 0 spiro atoms. The summed E-state index contributed by atoms with van der Waals surface area (Å²) in [5, 5.41) is 5.81. The summed E-state index contributed by atoms with van der Waals surface area (Å²) in [5.41, 5.74) is 3.27. The van der Waals surface area contributed by atoms with Crippen molar-refractivity contribution in [3.8, 4) is 0 Å². The molecule has 3 aromatic rings. The van der Waals surface area contributed by atoms with E-state index in [1.54, 1.807) is 24.5 Å². The summed E-state index contributed by atoms with van der Waals surface area (Å²) in [7, 11) is 0. The van der Waals surface area contributed by atoms with E-state index in [-0.39, 0.29) is 6.42 Å². The van der Waals surface area contributed by atoms with Gasteiger partial charge in [0, 0.05) is 6.42 Å². The SMILES string of the molecule is Cc1ccc(C2=NN(C(=O)COC(=O)Cc3cccc(F)c3)[C@@H](c3ccco3)C2)cc1. The number of esters is 1. The fourth-order valence-corrected chi connectivity index (χ4v) is 3.44. The van der Waals surface area contributed by atoms with Crippen molar-refractivity contribution < 1.29 is 23.1 Å². The van der Waals surface area contributed by atoms with Crippen LogP contribution in [0.25, 0.3) is 0 Å². The van der Waals surface area contributed by atoms with Gasteiger partial charge in [-0.1, -0.05) is 42.0 Å². The molecule has 31 heavy (non-hydrogen) atoms. The van der Waals surface area contributed by atoms with E-state index in [9.17, 15) is 14.0 Å². The molecule has 1 aromatic heterocycles. The largest absolute Gasteiger partial charge is 0.467 e. The smallest absolute Gasteiger partial charge is 0.310 e. The van der Waals surface area contributed by atoms with Crippen LogP contribution in [0.15, 0.2) is 76.4 Å². The number of furan rings is 1. The first kappa shape index (κ1) is 20.5. The molecular formula is C24H21FN2O4. The van der Waals surface area contributed by atoms with Crippen LogP contribution in [-0.2, 0) is 20.7 Å². The summed E-state index contributed by atoms with van der Waals surface area (Å²) >= 11 is 0. The Morgan fingerprint density at radius 3 is 2.68 bits per heavy atom. The van der Waals surface area contributed by atoms with Crippen molar-refractivity contribution in [2.45, 2.75) is 25.8 Å². The van der Waals surface area contributed by atoms with Crippen LogP contribution in [0.3, 0.4) is 0 Å². The number of halogens is 1. The number of rotatable bonds is 6. The number of hydrogen-bond acceptors (Lipinski definition) is 5. The van der Waals surface area contributed by atoms with Gasteiger partial charge in [-0.25, -0.2) is 9.40 Å². The van der Waals surface area contributed by atoms with Gasteiger partial charge in [0.25, 0.3) is 5.91 Å². The van der Waals surface area contributed by atoms with Gasteiger partial charge in [0.05, 0.1) is 18.4 Å². The molecule has 0 saturated carbocycles. The van der Waals surface area contributed by atoms with Crippen LogP contribution in [-0.4, -0.2) is 29.2 Å². The second-order valence-electron chi connectivity index (χ2n) is 7.35. The number of hydrogen-bond donors (Lipinski definition) is 0. The summed E-state index contributed by atoms with van der Waals surface area (Å²) in [6.07, 6.45) is 1.91. The maximum Gasteiger partial charge on any atom is 0.310 e. The fraction of sp³-hybridized carbons (Fsp3) is 0.208. The molecule has 4 rings (SSSR count). The van der Waals surface area contributed by atoms with E-state index in [0.29, 0.717) is 17.7 Å². The molecule has 1 atom stereocenters. The fourth-order valence-electron chi connectivity index (χ4n) is 3.44. The molecule has 158 valence electrons. The predicted molar refractivity (Wildman–Crippen MR) is 112 cm³/mol. The maximum absolute atomic E-state index is 13.3. The third kappa shape index (κ3) is 4.88. The van der Waals surface area contributed by atoms with Gasteiger partial charge in [0.15, 0.2) is 6.61 Å². The first-order valence-corrected chi connectivity index (χ1v) is 9.89. The van der Waals surface area contributed by atoms with Crippen molar-refractivity contribution >= 4 is 17.6 Å². The van der Waals surface area contributed by atoms with Gasteiger partial charge in [0.2, 0.25) is 0 Å². The van der Waals surface area contributed by atoms with Crippen molar-refractivity contribution in [2.24, 2.45) is 5.10 Å². The topological polar surface area (TPSA) is 72.1 Å². The van der Waals surface area contributed by atoms with Gasteiger partial charge in [-0.15, -0.1) is 0 Å². The van der Waals surface area contributed by atoms with Crippen molar-refractivity contribution in [3.63, 3.8) is 0 Å². The molecule has 1 aliphatic rings. The monoisotopic (exact) mass is 420 g/mol. The molecular weight excluding hydrogens is 399 g/mol. The van der Waals surface area contributed by atoms with Gasteiger partial charge in [0.1, 0.15) is 17.6 Å². The van der Waals surface area contributed by atoms with Crippen molar-refractivity contribution in [1.29, 1.82) is 0 Å². The number of nitrogens with zero attached hydrogens (tertiary/aromatic N) is 2. The summed E-state index contributed by atoms with van der Waals surface area (Å²) in [6.45, 7) is 1.54. The minimum absolute atomic E-state index is 0.120. The van der Waals surface area contributed by atoms with Gasteiger partial charge < -0.3 is 9.15 Å². The molecule has 0 radical (unpaired) electrons. The van der Waals surface area contributed by atoms with Gasteiger partial charge in [-0.2, -0.15) is 5.10 Å². The van der Waals surface area contributed by atoms with Crippen LogP contribution in [0.1, 0.15) is 34.9 Å². The average Bonchev–Trinajstić information content (AvgIpc) is 3.42. The Kier molecular flexibility index (Phi) is 5.93. The lowest BCUT2D eigenvalue weighted by atomic mass is 10.0. The first-order valence-electron chi connectivity index (χ1n) is 9.89. The summed E-state index contributed by atoms with van der Waals surface area (Å²) in [4.78, 5) is 24.9. The van der Waals surface area contributed by atoms with Crippen LogP contribution < -0.4 is 0 Å². The summed E-state index contributed by atoms with van der Waals surface area (Å²) in [6, 6.07) is 16.7. The highest BCUT2D eigenvalue weighted by Crippen LogP contribution is 2.33. The van der Waals surface area contributed by atoms with E-state index in [0.717, 1.165) is 16.8 Å².